The van der Waals surface area contributed by atoms with Crippen LogP contribution in [0.15, 0.2) is 47.6 Å². The first-order chi connectivity index (χ1) is 13.5. The lowest BCUT2D eigenvalue weighted by Gasteiger charge is -2.35. The van der Waals surface area contributed by atoms with Crippen LogP contribution >= 0.6 is 12.2 Å². The second kappa shape index (κ2) is 7.81. The summed E-state index contributed by atoms with van der Waals surface area (Å²) < 4.78 is 29.2. The lowest BCUT2D eigenvalue weighted by molar-refractivity contribution is 0.230. The van der Waals surface area contributed by atoms with Gasteiger partial charge in [0.25, 0.3) is 0 Å². The summed E-state index contributed by atoms with van der Waals surface area (Å²) >= 11 is 4.62. The molecule has 2 bridgehead atoms. The Balaban J connectivity index is 1.46. The second-order valence-corrected chi connectivity index (χ2v) is 7.59. The predicted octanol–water partition coefficient (Wildman–Crippen LogP) is 2.60. The van der Waals surface area contributed by atoms with Crippen LogP contribution in [0, 0.1) is 11.6 Å². The van der Waals surface area contributed by atoms with E-state index in [4.69, 9.17) is 5.73 Å². The average Bonchev–Trinajstić information content (AvgIpc) is 3.26. The van der Waals surface area contributed by atoms with Crippen LogP contribution in [0.25, 0.3) is 0 Å². The van der Waals surface area contributed by atoms with E-state index in [1.54, 1.807) is 6.07 Å². The maximum absolute atomic E-state index is 14.7. The molecule has 5 nitrogen and oxygen atoms in total. The molecule has 2 fully saturated rings. The maximum Gasteiger partial charge on any atom is 0.184 e. The number of nitrogens with zero attached hydrogens (tertiary/aromatic N) is 3. The van der Waals surface area contributed by atoms with E-state index < -0.39 is 11.6 Å². The van der Waals surface area contributed by atoms with Gasteiger partial charge in [0.2, 0.25) is 0 Å². The van der Waals surface area contributed by atoms with Crippen LogP contribution in [-0.2, 0) is 6.54 Å². The van der Waals surface area contributed by atoms with Crippen molar-refractivity contribution in [1.82, 2.24) is 10.3 Å². The van der Waals surface area contributed by atoms with E-state index in [1.807, 2.05) is 23.1 Å². The van der Waals surface area contributed by atoms with Crippen LogP contribution in [-0.4, -0.2) is 41.4 Å². The minimum absolute atomic E-state index is 0.0399. The zero-order valence-corrected chi connectivity index (χ0v) is 16.0. The number of thiocarbonyl (C=S) groups is 1. The number of anilines is 1. The fraction of sp³-hybridized carbons (Fsp3) is 0.300. The van der Waals surface area contributed by atoms with E-state index in [1.165, 1.54) is 17.8 Å². The van der Waals surface area contributed by atoms with Crippen LogP contribution < -0.4 is 16.1 Å². The fourth-order valence-electron chi connectivity index (χ4n) is 4.10. The van der Waals surface area contributed by atoms with Crippen molar-refractivity contribution in [2.75, 3.05) is 18.0 Å². The molecule has 0 amide bonds. The smallest absolute Gasteiger partial charge is 0.184 e. The van der Waals surface area contributed by atoms with Crippen molar-refractivity contribution in [3.8, 4) is 0 Å². The number of halogens is 2. The molecule has 2 aromatic carbocycles. The van der Waals surface area contributed by atoms with Gasteiger partial charge in [0.05, 0.1) is 11.9 Å². The summed E-state index contributed by atoms with van der Waals surface area (Å²) in [6, 6.07) is 14.0. The number of benzene rings is 2. The van der Waals surface area contributed by atoms with Crippen molar-refractivity contribution in [3.05, 3.63) is 65.2 Å². The van der Waals surface area contributed by atoms with Crippen molar-refractivity contribution in [2.24, 2.45) is 10.8 Å². The zero-order chi connectivity index (χ0) is 19.7. The molecule has 4 rings (SSSR count). The van der Waals surface area contributed by atoms with Gasteiger partial charge in [0.15, 0.2) is 16.7 Å². The van der Waals surface area contributed by atoms with Crippen molar-refractivity contribution >= 4 is 29.2 Å². The van der Waals surface area contributed by atoms with Gasteiger partial charge in [-0.25, -0.2) is 8.78 Å². The third kappa shape index (κ3) is 3.70. The summed E-state index contributed by atoms with van der Waals surface area (Å²) in [6.45, 7) is 2.43. The third-order valence-corrected chi connectivity index (χ3v) is 5.45. The van der Waals surface area contributed by atoms with E-state index in [2.05, 4.69) is 39.8 Å². The molecule has 2 aliphatic heterocycles. The zero-order valence-electron chi connectivity index (χ0n) is 15.2. The number of hydrogen-bond donors (Lipinski definition) is 2. The highest BCUT2D eigenvalue weighted by molar-refractivity contribution is 7.80. The average molecular weight is 401 g/mol. The number of piperazine rings is 1. The standard InChI is InChI=1S/C20H21F2N5S/c21-18-14(9-24-25-20(23)28)6-7-17(19(18)22)27-12-15-8-16(27)11-26(15)10-13-4-2-1-3-5-13/h1-7,9,15-16H,8,10-12H2,(H3,23,25,28)/b24-9+/t15-,16-/m0/s1. The normalized spacial score (nSPS) is 21.6. The largest absolute Gasteiger partial charge is 0.375 e. The summed E-state index contributed by atoms with van der Waals surface area (Å²) in [6.07, 6.45) is 2.13. The van der Waals surface area contributed by atoms with Gasteiger partial charge in [-0.05, 0) is 36.3 Å². The number of fused-ring (bicyclic) bond motifs is 2. The Kier molecular flexibility index (Phi) is 5.23. The molecule has 3 N–H and O–H groups in total. The van der Waals surface area contributed by atoms with E-state index in [-0.39, 0.29) is 16.7 Å². The lowest BCUT2D eigenvalue weighted by Crippen LogP contribution is -2.46. The molecule has 0 aromatic heterocycles. The summed E-state index contributed by atoms with van der Waals surface area (Å²) in [5.41, 5.74) is 9.21. The molecule has 8 heteroatoms. The third-order valence-electron chi connectivity index (χ3n) is 5.36. The molecule has 146 valence electrons. The lowest BCUT2D eigenvalue weighted by atomic mass is 10.1. The van der Waals surface area contributed by atoms with Gasteiger partial charge in [-0.2, -0.15) is 5.10 Å². The first-order valence-corrected chi connectivity index (χ1v) is 9.55. The highest BCUT2D eigenvalue weighted by Gasteiger charge is 2.44. The van der Waals surface area contributed by atoms with Crippen molar-refractivity contribution in [2.45, 2.75) is 25.0 Å². The Morgan fingerprint density at radius 2 is 1.93 bits per heavy atom. The van der Waals surface area contributed by atoms with Gasteiger partial charge in [0.1, 0.15) is 0 Å². The molecule has 0 unspecified atom stereocenters. The number of nitrogens with two attached hydrogens (primary N) is 1. The molecule has 2 heterocycles. The number of hydrogen-bond acceptors (Lipinski definition) is 4. The Hall–Kier alpha value is -2.58. The molecular weight excluding hydrogens is 380 g/mol. The minimum atomic E-state index is -0.921. The highest BCUT2D eigenvalue weighted by atomic mass is 32.1. The van der Waals surface area contributed by atoms with E-state index in [9.17, 15) is 8.78 Å². The van der Waals surface area contributed by atoms with E-state index in [0.29, 0.717) is 18.3 Å². The first-order valence-electron chi connectivity index (χ1n) is 9.14. The number of nitrogens with one attached hydrogen (secondary N) is 1. The topological polar surface area (TPSA) is 56.9 Å². The monoisotopic (exact) mass is 401 g/mol. The van der Waals surface area contributed by atoms with Gasteiger partial charge >= 0.3 is 0 Å². The summed E-state index contributed by atoms with van der Waals surface area (Å²) in [5.74, 6) is -1.77. The van der Waals surface area contributed by atoms with Gasteiger partial charge in [-0.3, -0.25) is 10.3 Å². The summed E-state index contributed by atoms with van der Waals surface area (Å²) in [5, 5.41) is 3.65. The molecule has 0 radical (unpaired) electrons. The van der Waals surface area contributed by atoms with Crippen LogP contribution in [0.1, 0.15) is 17.5 Å². The van der Waals surface area contributed by atoms with Crippen molar-refractivity contribution < 1.29 is 8.78 Å². The number of likely N-dealkylation sites (tertiary alicyclic amines) is 1. The van der Waals surface area contributed by atoms with Crippen LogP contribution in [0.4, 0.5) is 14.5 Å². The van der Waals surface area contributed by atoms with Crippen LogP contribution in [0.3, 0.4) is 0 Å². The molecular formula is C20H21F2N5S. The Morgan fingerprint density at radius 3 is 2.61 bits per heavy atom. The number of hydrazone groups is 1. The molecule has 2 atom stereocenters. The first kappa shape index (κ1) is 18.8. The second-order valence-electron chi connectivity index (χ2n) is 7.15. The molecule has 2 aliphatic rings. The Morgan fingerprint density at radius 1 is 1.14 bits per heavy atom. The SMILES string of the molecule is NC(=S)N/N=C/c1ccc(N2C[C@@H]3C[C@H]2CN3Cc2ccccc2)c(F)c1F. The summed E-state index contributed by atoms with van der Waals surface area (Å²) in [7, 11) is 0. The van der Waals surface area contributed by atoms with Crippen LogP contribution in [0.2, 0.25) is 0 Å². The minimum Gasteiger partial charge on any atom is -0.375 e. The molecule has 0 aliphatic carbocycles. The maximum atomic E-state index is 14.7. The van der Waals surface area contributed by atoms with Crippen molar-refractivity contribution in [1.29, 1.82) is 0 Å². The van der Waals surface area contributed by atoms with Gasteiger partial charge in [0, 0.05) is 37.3 Å². The van der Waals surface area contributed by atoms with Gasteiger partial charge < -0.3 is 10.6 Å². The van der Waals surface area contributed by atoms with E-state index in [0.717, 1.165) is 19.5 Å². The fourth-order valence-corrected chi connectivity index (χ4v) is 4.15. The molecule has 28 heavy (non-hydrogen) atoms. The van der Waals surface area contributed by atoms with Crippen LogP contribution in [0.5, 0.6) is 0 Å². The molecule has 2 aromatic rings. The van der Waals surface area contributed by atoms with Crippen molar-refractivity contribution in [3.63, 3.8) is 0 Å². The quantitative estimate of drug-likeness (QED) is 0.458. The molecule has 0 saturated carbocycles. The highest BCUT2D eigenvalue weighted by Crippen LogP contribution is 2.37. The Bertz CT molecular complexity index is 905. The predicted molar refractivity (Wildman–Crippen MR) is 110 cm³/mol. The number of rotatable bonds is 5. The Labute approximate surface area is 167 Å². The summed E-state index contributed by atoms with van der Waals surface area (Å²) in [4.78, 5) is 4.41. The van der Waals surface area contributed by atoms with Gasteiger partial charge in [-0.1, -0.05) is 30.3 Å². The van der Waals surface area contributed by atoms with Gasteiger partial charge in [-0.15, -0.1) is 0 Å². The van der Waals surface area contributed by atoms with E-state index >= 15 is 0 Å². The molecule has 2 saturated heterocycles. The molecule has 0 spiro atoms.